The quantitative estimate of drug-likeness (QED) is 0.696. The number of anilines is 2. The zero-order chi connectivity index (χ0) is 12.0. The largest absolute Gasteiger partial charge is 0.399 e. The van der Waals surface area contributed by atoms with E-state index < -0.39 is 0 Å². The number of nitrogens with zero attached hydrogens (tertiary/aromatic N) is 1. The molecule has 1 fully saturated rings. The molecule has 3 rings (SSSR count). The van der Waals surface area contributed by atoms with Crippen molar-refractivity contribution in [3.63, 3.8) is 0 Å². The Morgan fingerprint density at radius 3 is 2.88 bits per heavy atom. The van der Waals surface area contributed by atoms with Crippen LogP contribution in [0.15, 0.2) is 18.2 Å². The van der Waals surface area contributed by atoms with E-state index in [0.717, 1.165) is 17.8 Å². The highest BCUT2D eigenvalue weighted by molar-refractivity contribution is 5.95. The van der Waals surface area contributed by atoms with Crippen LogP contribution in [0.25, 0.3) is 0 Å². The standard InChI is InChI=1S/C14H18N2O/c1-9(17)16-13-5-3-2-4-11(13)12-7-6-10(15)8-14(12)16/h6-8,11,13H,2-5,15H2,1H3. The number of hydrogen-bond donors (Lipinski definition) is 1. The molecule has 0 radical (unpaired) electrons. The molecule has 1 amide bonds. The van der Waals surface area contributed by atoms with Crippen LogP contribution in [0.3, 0.4) is 0 Å². The molecule has 1 aromatic carbocycles. The summed E-state index contributed by atoms with van der Waals surface area (Å²) in [5.74, 6) is 0.675. The zero-order valence-electron chi connectivity index (χ0n) is 10.1. The van der Waals surface area contributed by atoms with E-state index in [9.17, 15) is 4.79 Å². The molecule has 1 saturated carbocycles. The number of carbonyl (C=O) groups excluding carboxylic acids is 1. The van der Waals surface area contributed by atoms with E-state index in [2.05, 4.69) is 6.07 Å². The SMILES string of the molecule is CC(=O)N1c2cc(N)ccc2C2CCCCC21. The maximum atomic E-state index is 11.9. The van der Waals surface area contributed by atoms with Gasteiger partial charge in [-0.2, -0.15) is 0 Å². The van der Waals surface area contributed by atoms with Crippen molar-refractivity contribution < 1.29 is 4.79 Å². The van der Waals surface area contributed by atoms with Gasteiger partial charge in [0.15, 0.2) is 0 Å². The fraction of sp³-hybridized carbons (Fsp3) is 0.500. The van der Waals surface area contributed by atoms with Crippen LogP contribution in [0.1, 0.15) is 44.1 Å². The van der Waals surface area contributed by atoms with Gasteiger partial charge in [0.05, 0.1) is 0 Å². The summed E-state index contributed by atoms with van der Waals surface area (Å²) in [5.41, 5.74) is 8.96. The summed E-state index contributed by atoms with van der Waals surface area (Å²) in [4.78, 5) is 13.8. The van der Waals surface area contributed by atoms with Crippen molar-refractivity contribution in [2.45, 2.75) is 44.6 Å². The first-order chi connectivity index (χ1) is 8.18. The Hall–Kier alpha value is -1.51. The lowest BCUT2D eigenvalue weighted by atomic mass is 9.82. The molecule has 0 spiro atoms. The fourth-order valence-corrected chi connectivity index (χ4v) is 3.45. The Labute approximate surface area is 102 Å². The molecule has 1 aromatic rings. The highest BCUT2D eigenvalue weighted by Crippen LogP contribution is 2.48. The molecule has 0 bridgehead atoms. The van der Waals surface area contributed by atoms with Crippen molar-refractivity contribution in [3.8, 4) is 0 Å². The molecule has 2 N–H and O–H groups in total. The monoisotopic (exact) mass is 230 g/mol. The van der Waals surface area contributed by atoms with Crippen LogP contribution in [0.4, 0.5) is 11.4 Å². The third-order valence-electron chi connectivity index (χ3n) is 4.11. The number of benzene rings is 1. The predicted molar refractivity (Wildman–Crippen MR) is 69.0 cm³/mol. The lowest BCUT2D eigenvalue weighted by Crippen LogP contribution is -2.39. The molecular weight excluding hydrogens is 212 g/mol. The minimum Gasteiger partial charge on any atom is -0.399 e. The van der Waals surface area contributed by atoms with E-state index in [1.165, 1.54) is 24.8 Å². The van der Waals surface area contributed by atoms with Gasteiger partial charge in [0.2, 0.25) is 5.91 Å². The van der Waals surface area contributed by atoms with Crippen LogP contribution in [0, 0.1) is 0 Å². The molecule has 3 heteroatoms. The highest BCUT2D eigenvalue weighted by Gasteiger charge is 2.41. The normalized spacial score (nSPS) is 26.5. The van der Waals surface area contributed by atoms with Crippen molar-refractivity contribution >= 4 is 17.3 Å². The zero-order valence-corrected chi connectivity index (χ0v) is 10.1. The summed E-state index contributed by atoms with van der Waals surface area (Å²) in [6.07, 6.45) is 4.83. The van der Waals surface area contributed by atoms with Crippen LogP contribution >= 0.6 is 0 Å². The van der Waals surface area contributed by atoms with Gasteiger partial charge in [0, 0.05) is 30.3 Å². The second kappa shape index (κ2) is 3.76. The average Bonchev–Trinajstić information content (AvgIpc) is 2.62. The number of fused-ring (bicyclic) bond motifs is 3. The van der Waals surface area contributed by atoms with Crippen LogP contribution < -0.4 is 10.6 Å². The minimum atomic E-state index is 0.145. The molecule has 0 saturated heterocycles. The van der Waals surface area contributed by atoms with Gasteiger partial charge in [-0.05, 0) is 30.5 Å². The van der Waals surface area contributed by atoms with Crippen molar-refractivity contribution in [2.75, 3.05) is 10.6 Å². The number of rotatable bonds is 0. The molecule has 1 aliphatic carbocycles. The van der Waals surface area contributed by atoms with E-state index in [1.807, 2.05) is 17.0 Å². The van der Waals surface area contributed by atoms with Crippen LogP contribution in [0.5, 0.6) is 0 Å². The predicted octanol–water partition coefficient (Wildman–Crippen LogP) is 2.66. The second-order valence-electron chi connectivity index (χ2n) is 5.17. The van der Waals surface area contributed by atoms with E-state index in [1.54, 1.807) is 6.92 Å². The molecule has 2 unspecified atom stereocenters. The third kappa shape index (κ3) is 1.53. The average molecular weight is 230 g/mol. The van der Waals surface area contributed by atoms with Gasteiger partial charge in [-0.3, -0.25) is 4.79 Å². The Morgan fingerprint density at radius 1 is 1.35 bits per heavy atom. The first kappa shape index (κ1) is 10.6. The van der Waals surface area contributed by atoms with E-state index in [4.69, 9.17) is 5.73 Å². The first-order valence-electron chi connectivity index (χ1n) is 6.37. The van der Waals surface area contributed by atoms with Crippen molar-refractivity contribution in [1.29, 1.82) is 0 Å². The van der Waals surface area contributed by atoms with Gasteiger partial charge in [-0.1, -0.05) is 18.9 Å². The van der Waals surface area contributed by atoms with Crippen LogP contribution in [-0.2, 0) is 4.79 Å². The molecular formula is C14H18N2O. The molecule has 1 aliphatic heterocycles. The molecule has 3 nitrogen and oxygen atoms in total. The first-order valence-corrected chi connectivity index (χ1v) is 6.37. The maximum absolute atomic E-state index is 11.9. The molecule has 1 heterocycles. The van der Waals surface area contributed by atoms with Gasteiger partial charge in [-0.15, -0.1) is 0 Å². The molecule has 90 valence electrons. The fourth-order valence-electron chi connectivity index (χ4n) is 3.45. The van der Waals surface area contributed by atoms with E-state index in [-0.39, 0.29) is 5.91 Å². The Bertz CT molecular complexity index is 469. The third-order valence-corrected chi connectivity index (χ3v) is 4.11. The summed E-state index contributed by atoms with van der Waals surface area (Å²) in [5, 5.41) is 0. The van der Waals surface area contributed by atoms with Crippen LogP contribution in [-0.4, -0.2) is 11.9 Å². The van der Waals surface area contributed by atoms with Crippen molar-refractivity contribution in [1.82, 2.24) is 0 Å². The van der Waals surface area contributed by atoms with Gasteiger partial charge in [0.1, 0.15) is 0 Å². The molecule has 2 atom stereocenters. The van der Waals surface area contributed by atoms with Gasteiger partial charge < -0.3 is 10.6 Å². The highest BCUT2D eigenvalue weighted by atomic mass is 16.2. The topological polar surface area (TPSA) is 46.3 Å². The number of nitrogens with two attached hydrogens (primary N) is 1. The van der Waals surface area contributed by atoms with Gasteiger partial charge in [-0.25, -0.2) is 0 Å². The summed E-state index contributed by atoms with van der Waals surface area (Å²) < 4.78 is 0. The van der Waals surface area contributed by atoms with Crippen LogP contribution in [0.2, 0.25) is 0 Å². The summed E-state index contributed by atoms with van der Waals surface area (Å²) >= 11 is 0. The van der Waals surface area contributed by atoms with Crippen molar-refractivity contribution in [3.05, 3.63) is 23.8 Å². The van der Waals surface area contributed by atoms with E-state index >= 15 is 0 Å². The Kier molecular flexibility index (Phi) is 2.35. The Morgan fingerprint density at radius 2 is 2.12 bits per heavy atom. The van der Waals surface area contributed by atoms with E-state index in [0.29, 0.717) is 12.0 Å². The number of nitrogen functional groups attached to an aromatic ring is 1. The minimum absolute atomic E-state index is 0.145. The lowest BCUT2D eigenvalue weighted by Gasteiger charge is -2.31. The molecule has 0 aromatic heterocycles. The molecule has 17 heavy (non-hydrogen) atoms. The second-order valence-corrected chi connectivity index (χ2v) is 5.17. The van der Waals surface area contributed by atoms with Crippen molar-refractivity contribution in [2.24, 2.45) is 0 Å². The summed E-state index contributed by atoms with van der Waals surface area (Å²) in [6.45, 7) is 1.66. The maximum Gasteiger partial charge on any atom is 0.224 e. The van der Waals surface area contributed by atoms with Gasteiger partial charge >= 0.3 is 0 Å². The smallest absolute Gasteiger partial charge is 0.224 e. The van der Waals surface area contributed by atoms with Gasteiger partial charge in [0.25, 0.3) is 0 Å². The number of amides is 1. The lowest BCUT2D eigenvalue weighted by molar-refractivity contribution is -0.117. The Balaban J connectivity index is 2.11. The number of carbonyl (C=O) groups is 1. The summed E-state index contributed by atoms with van der Waals surface area (Å²) in [6, 6.07) is 6.39. The summed E-state index contributed by atoms with van der Waals surface area (Å²) in [7, 11) is 0. The molecule has 2 aliphatic rings. The number of hydrogen-bond acceptors (Lipinski definition) is 2.